The molecule has 0 saturated heterocycles. The number of amides is 1. The second-order valence-electron chi connectivity index (χ2n) is 5.74. The molecule has 122 valence electrons. The Labute approximate surface area is 145 Å². The zero-order chi connectivity index (χ0) is 16.9. The zero-order valence-electron chi connectivity index (χ0n) is 13.0. The normalized spacial score (nSPS) is 17.1. The van der Waals surface area contributed by atoms with Crippen LogP contribution in [0.2, 0.25) is 5.02 Å². The Hall–Kier alpha value is -2.59. The van der Waals surface area contributed by atoms with Gasteiger partial charge in [0.05, 0.1) is 0 Å². The van der Waals surface area contributed by atoms with Crippen LogP contribution < -0.4 is 10.9 Å². The number of allylic oxidation sites excluding steroid dienone is 2. The molecule has 0 saturated carbocycles. The maximum absolute atomic E-state index is 12.1. The van der Waals surface area contributed by atoms with E-state index in [0.29, 0.717) is 29.1 Å². The minimum Gasteiger partial charge on any atom is -0.302 e. The summed E-state index contributed by atoms with van der Waals surface area (Å²) in [7, 11) is 0. The van der Waals surface area contributed by atoms with Gasteiger partial charge in [-0.1, -0.05) is 41.9 Å². The number of carbonyl (C=O) groups excluding carboxylic acids is 2. The van der Waals surface area contributed by atoms with Gasteiger partial charge in [0.2, 0.25) is 0 Å². The SMILES string of the molecule is O=C1C=C(NNC(=O)c2ccc(Cl)cc2)CC(c2ccccc2)C1. The van der Waals surface area contributed by atoms with Crippen LogP contribution in [0.4, 0.5) is 0 Å². The molecule has 2 aromatic carbocycles. The van der Waals surface area contributed by atoms with Crippen molar-refractivity contribution >= 4 is 23.3 Å². The molecule has 4 nitrogen and oxygen atoms in total. The average Bonchev–Trinajstić information content (AvgIpc) is 2.60. The van der Waals surface area contributed by atoms with E-state index in [9.17, 15) is 9.59 Å². The third-order valence-electron chi connectivity index (χ3n) is 3.96. The molecule has 0 aromatic heterocycles. The van der Waals surface area contributed by atoms with E-state index in [1.807, 2.05) is 30.3 Å². The Morgan fingerprint density at radius 2 is 1.71 bits per heavy atom. The summed E-state index contributed by atoms with van der Waals surface area (Å²) in [5.74, 6) is -0.0983. The smallest absolute Gasteiger partial charge is 0.269 e. The van der Waals surface area contributed by atoms with Crippen LogP contribution >= 0.6 is 11.6 Å². The molecular weight excluding hydrogens is 324 g/mol. The number of benzene rings is 2. The lowest BCUT2D eigenvalue weighted by Crippen LogP contribution is -2.38. The van der Waals surface area contributed by atoms with Crippen LogP contribution in [0.5, 0.6) is 0 Å². The molecule has 1 unspecified atom stereocenters. The number of nitrogens with one attached hydrogen (secondary N) is 2. The summed E-state index contributed by atoms with van der Waals surface area (Å²) in [6.45, 7) is 0. The van der Waals surface area contributed by atoms with E-state index in [0.717, 1.165) is 5.56 Å². The summed E-state index contributed by atoms with van der Waals surface area (Å²) in [4.78, 5) is 24.1. The Morgan fingerprint density at radius 1 is 1.00 bits per heavy atom. The van der Waals surface area contributed by atoms with E-state index < -0.39 is 0 Å². The first kappa shape index (κ1) is 16.3. The summed E-state index contributed by atoms with van der Waals surface area (Å²) < 4.78 is 0. The van der Waals surface area contributed by atoms with Crippen molar-refractivity contribution in [2.75, 3.05) is 0 Å². The Balaban J connectivity index is 1.63. The fourth-order valence-corrected chi connectivity index (χ4v) is 2.88. The number of hydrogen-bond acceptors (Lipinski definition) is 3. The van der Waals surface area contributed by atoms with Crippen LogP contribution in [0.1, 0.15) is 34.7 Å². The van der Waals surface area contributed by atoms with Crippen molar-refractivity contribution in [1.82, 2.24) is 10.9 Å². The topological polar surface area (TPSA) is 58.2 Å². The standard InChI is InChI=1S/C19H17ClN2O2/c20-16-8-6-14(7-9-16)19(24)22-21-17-10-15(11-18(23)12-17)13-4-2-1-3-5-13/h1-9,12,15,21H,10-11H2,(H,22,24). The second-order valence-corrected chi connectivity index (χ2v) is 6.17. The third kappa shape index (κ3) is 4.03. The molecule has 1 aliphatic rings. The molecule has 0 fully saturated rings. The average molecular weight is 341 g/mol. The Morgan fingerprint density at radius 3 is 2.42 bits per heavy atom. The quantitative estimate of drug-likeness (QED) is 0.836. The molecular formula is C19H17ClN2O2. The van der Waals surface area contributed by atoms with E-state index in [-0.39, 0.29) is 17.6 Å². The number of hydrogen-bond donors (Lipinski definition) is 2. The van der Waals surface area contributed by atoms with Crippen molar-refractivity contribution in [2.45, 2.75) is 18.8 Å². The van der Waals surface area contributed by atoms with Crippen molar-refractivity contribution in [3.63, 3.8) is 0 Å². The summed E-state index contributed by atoms with van der Waals surface area (Å²) in [6.07, 6.45) is 2.72. The highest BCUT2D eigenvalue weighted by Gasteiger charge is 2.22. The maximum Gasteiger partial charge on any atom is 0.269 e. The molecule has 2 N–H and O–H groups in total. The van der Waals surface area contributed by atoms with Gasteiger partial charge in [-0.2, -0.15) is 0 Å². The molecule has 0 aliphatic heterocycles. The first-order chi connectivity index (χ1) is 11.6. The largest absolute Gasteiger partial charge is 0.302 e. The lowest BCUT2D eigenvalue weighted by atomic mass is 9.86. The highest BCUT2D eigenvalue weighted by Crippen LogP contribution is 2.29. The predicted octanol–water partition coefficient (Wildman–Crippen LogP) is 3.61. The van der Waals surface area contributed by atoms with Crippen molar-refractivity contribution < 1.29 is 9.59 Å². The number of carbonyl (C=O) groups is 2. The van der Waals surface area contributed by atoms with Crippen LogP contribution in [-0.2, 0) is 4.79 Å². The molecule has 2 aromatic rings. The molecule has 3 rings (SSSR count). The molecule has 24 heavy (non-hydrogen) atoms. The van der Waals surface area contributed by atoms with E-state index in [1.54, 1.807) is 30.3 Å². The van der Waals surface area contributed by atoms with Gasteiger partial charge in [-0.25, -0.2) is 0 Å². The molecule has 0 bridgehead atoms. The van der Waals surface area contributed by atoms with Crippen LogP contribution in [0, 0.1) is 0 Å². The van der Waals surface area contributed by atoms with Crippen LogP contribution in [0.3, 0.4) is 0 Å². The second kappa shape index (κ2) is 7.32. The van der Waals surface area contributed by atoms with Crippen molar-refractivity contribution in [3.05, 3.63) is 82.5 Å². The lowest BCUT2D eigenvalue weighted by Gasteiger charge is -2.23. The number of hydrazine groups is 1. The summed E-state index contributed by atoms with van der Waals surface area (Å²) in [6, 6.07) is 16.5. The zero-order valence-corrected chi connectivity index (χ0v) is 13.7. The summed E-state index contributed by atoms with van der Waals surface area (Å²) in [5.41, 5.74) is 7.83. The lowest BCUT2D eigenvalue weighted by molar-refractivity contribution is -0.115. The van der Waals surface area contributed by atoms with Crippen LogP contribution in [0.25, 0.3) is 0 Å². The summed E-state index contributed by atoms with van der Waals surface area (Å²) in [5, 5.41) is 0.575. The highest BCUT2D eigenvalue weighted by atomic mass is 35.5. The van der Waals surface area contributed by atoms with Gasteiger partial charge in [-0.3, -0.25) is 15.0 Å². The fraction of sp³-hybridized carbons (Fsp3) is 0.158. The van der Waals surface area contributed by atoms with E-state index in [2.05, 4.69) is 10.9 Å². The first-order valence-electron chi connectivity index (χ1n) is 7.72. The molecule has 0 heterocycles. The van der Waals surface area contributed by atoms with E-state index in [1.165, 1.54) is 0 Å². The number of ketones is 1. The van der Waals surface area contributed by atoms with Gasteiger partial charge in [0.1, 0.15) is 0 Å². The maximum atomic E-state index is 12.1. The van der Waals surface area contributed by atoms with Gasteiger partial charge in [-0.05, 0) is 42.2 Å². The van der Waals surface area contributed by atoms with Gasteiger partial charge in [0.15, 0.2) is 5.78 Å². The molecule has 0 spiro atoms. The van der Waals surface area contributed by atoms with E-state index >= 15 is 0 Å². The monoisotopic (exact) mass is 340 g/mol. The summed E-state index contributed by atoms with van der Waals surface area (Å²) >= 11 is 5.81. The van der Waals surface area contributed by atoms with Crippen LogP contribution in [0.15, 0.2) is 66.4 Å². The number of halogens is 1. The Bertz CT molecular complexity index is 770. The van der Waals surface area contributed by atoms with E-state index in [4.69, 9.17) is 11.6 Å². The molecule has 1 amide bonds. The first-order valence-corrected chi connectivity index (χ1v) is 8.10. The predicted molar refractivity (Wildman–Crippen MR) is 93.6 cm³/mol. The van der Waals surface area contributed by atoms with Gasteiger partial charge < -0.3 is 5.43 Å². The molecule has 1 atom stereocenters. The third-order valence-corrected chi connectivity index (χ3v) is 4.22. The molecule has 5 heteroatoms. The van der Waals surface area contributed by atoms with Crippen LogP contribution in [-0.4, -0.2) is 11.7 Å². The molecule has 0 radical (unpaired) electrons. The van der Waals surface area contributed by atoms with Crippen molar-refractivity contribution in [1.29, 1.82) is 0 Å². The van der Waals surface area contributed by atoms with Gasteiger partial charge >= 0.3 is 0 Å². The van der Waals surface area contributed by atoms with Crippen molar-refractivity contribution in [2.24, 2.45) is 0 Å². The number of rotatable bonds is 4. The Kier molecular flexibility index (Phi) is 4.96. The molecule has 1 aliphatic carbocycles. The van der Waals surface area contributed by atoms with Crippen molar-refractivity contribution in [3.8, 4) is 0 Å². The minimum atomic E-state index is -0.276. The van der Waals surface area contributed by atoms with Gasteiger partial charge in [-0.15, -0.1) is 0 Å². The minimum absolute atomic E-state index is 0.0540. The highest BCUT2D eigenvalue weighted by molar-refractivity contribution is 6.30. The fourth-order valence-electron chi connectivity index (χ4n) is 2.75. The van der Waals surface area contributed by atoms with Gasteiger partial charge in [0.25, 0.3) is 5.91 Å². The van der Waals surface area contributed by atoms with Gasteiger partial charge in [0, 0.05) is 28.8 Å².